The van der Waals surface area contributed by atoms with Gasteiger partial charge in [-0.25, -0.2) is 4.98 Å². The summed E-state index contributed by atoms with van der Waals surface area (Å²) in [5.41, 5.74) is 2.50. The first kappa shape index (κ1) is 9.68. The second-order valence-corrected chi connectivity index (χ2v) is 3.91. The van der Waals surface area contributed by atoms with Gasteiger partial charge < -0.3 is 9.88 Å². The third-order valence-electron chi connectivity index (χ3n) is 2.92. The molecule has 0 amide bonds. The highest BCUT2D eigenvalue weighted by atomic mass is 15.2. The summed E-state index contributed by atoms with van der Waals surface area (Å²) in [5.74, 6) is 0. The summed E-state index contributed by atoms with van der Waals surface area (Å²) >= 11 is 0. The molecule has 0 atom stereocenters. The zero-order valence-corrected chi connectivity index (χ0v) is 8.95. The molecule has 1 aromatic rings. The lowest BCUT2D eigenvalue weighted by molar-refractivity contribution is 0.230. The summed E-state index contributed by atoms with van der Waals surface area (Å²) in [6, 6.07) is 0. The van der Waals surface area contributed by atoms with E-state index in [0.717, 1.165) is 32.7 Å². The highest BCUT2D eigenvalue weighted by Crippen LogP contribution is 2.08. The summed E-state index contributed by atoms with van der Waals surface area (Å²) in [5, 5.41) is 3.35. The van der Waals surface area contributed by atoms with Gasteiger partial charge >= 0.3 is 0 Å². The second kappa shape index (κ2) is 4.11. The largest absolute Gasteiger partial charge is 0.338 e. The molecule has 0 unspecified atom stereocenters. The third-order valence-corrected chi connectivity index (χ3v) is 2.92. The monoisotopic (exact) mass is 194 g/mol. The normalized spacial score (nSPS) is 18.7. The average molecular weight is 194 g/mol. The van der Waals surface area contributed by atoms with Crippen molar-refractivity contribution < 1.29 is 0 Å². The molecule has 1 N–H and O–H groups in total. The van der Waals surface area contributed by atoms with E-state index in [-0.39, 0.29) is 0 Å². The van der Waals surface area contributed by atoms with Gasteiger partial charge in [0.15, 0.2) is 0 Å². The van der Waals surface area contributed by atoms with Gasteiger partial charge in [0.1, 0.15) is 0 Å². The van der Waals surface area contributed by atoms with Crippen LogP contribution in [0.1, 0.15) is 11.4 Å². The van der Waals surface area contributed by atoms with Crippen LogP contribution in [0, 0.1) is 6.92 Å². The molecule has 0 spiro atoms. The minimum absolute atomic E-state index is 0.994. The standard InChI is InChI=1S/C10H18N4/c1-9-10(12-8-13(9)2)7-14-5-3-11-4-6-14/h8,11H,3-7H2,1-2H3. The quantitative estimate of drug-likeness (QED) is 0.726. The van der Waals surface area contributed by atoms with E-state index in [2.05, 4.69) is 26.7 Å². The van der Waals surface area contributed by atoms with E-state index >= 15 is 0 Å². The Hall–Kier alpha value is -0.870. The zero-order valence-electron chi connectivity index (χ0n) is 8.95. The van der Waals surface area contributed by atoms with E-state index in [9.17, 15) is 0 Å². The fourth-order valence-electron chi connectivity index (χ4n) is 1.78. The van der Waals surface area contributed by atoms with Gasteiger partial charge in [-0.2, -0.15) is 0 Å². The summed E-state index contributed by atoms with van der Waals surface area (Å²) in [4.78, 5) is 6.86. The SMILES string of the molecule is Cc1c(CN2CCNCC2)ncn1C. The van der Waals surface area contributed by atoms with Crippen LogP contribution in [0.15, 0.2) is 6.33 Å². The van der Waals surface area contributed by atoms with Gasteiger partial charge in [-0.3, -0.25) is 4.90 Å². The average Bonchev–Trinajstić information content (AvgIpc) is 2.52. The highest BCUT2D eigenvalue weighted by molar-refractivity contribution is 5.10. The first-order chi connectivity index (χ1) is 6.77. The molecule has 0 radical (unpaired) electrons. The van der Waals surface area contributed by atoms with Crippen LogP contribution in [0.3, 0.4) is 0 Å². The molecule has 2 rings (SSSR count). The number of rotatable bonds is 2. The summed E-state index contributed by atoms with van der Waals surface area (Å²) in [6.45, 7) is 7.60. The Balaban J connectivity index is 1.99. The number of aryl methyl sites for hydroxylation is 1. The Morgan fingerprint density at radius 3 is 2.71 bits per heavy atom. The van der Waals surface area contributed by atoms with Crippen LogP contribution in [-0.4, -0.2) is 40.6 Å². The van der Waals surface area contributed by atoms with Gasteiger partial charge in [-0.15, -0.1) is 0 Å². The van der Waals surface area contributed by atoms with Gasteiger partial charge in [0.25, 0.3) is 0 Å². The van der Waals surface area contributed by atoms with Crippen LogP contribution in [0.5, 0.6) is 0 Å². The minimum atomic E-state index is 0.994. The fraction of sp³-hybridized carbons (Fsp3) is 0.700. The van der Waals surface area contributed by atoms with E-state index in [4.69, 9.17) is 0 Å². The highest BCUT2D eigenvalue weighted by Gasteiger charge is 2.12. The summed E-state index contributed by atoms with van der Waals surface area (Å²) in [6.07, 6.45) is 1.90. The lowest BCUT2D eigenvalue weighted by Crippen LogP contribution is -2.43. The number of imidazole rings is 1. The molecule has 0 saturated carbocycles. The second-order valence-electron chi connectivity index (χ2n) is 3.91. The molecule has 0 aliphatic carbocycles. The molecule has 1 aliphatic heterocycles. The number of hydrogen-bond donors (Lipinski definition) is 1. The van der Waals surface area contributed by atoms with Crippen molar-refractivity contribution in [2.24, 2.45) is 7.05 Å². The maximum Gasteiger partial charge on any atom is 0.0949 e. The van der Waals surface area contributed by atoms with Crippen molar-refractivity contribution in [3.63, 3.8) is 0 Å². The van der Waals surface area contributed by atoms with Crippen LogP contribution >= 0.6 is 0 Å². The molecule has 2 heterocycles. The molecule has 78 valence electrons. The van der Waals surface area contributed by atoms with Gasteiger partial charge in [-0.05, 0) is 6.92 Å². The molecular formula is C10H18N4. The molecule has 1 saturated heterocycles. The van der Waals surface area contributed by atoms with Crippen LogP contribution in [-0.2, 0) is 13.6 Å². The predicted octanol–water partition coefficient (Wildman–Crippen LogP) is 0.134. The predicted molar refractivity (Wildman–Crippen MR) is 56.1 cm³/mol. The molecule has 4 heteroatoms. The van der Waals surface area contributed by atoms with Crippen molar-refractivity contribution in [3.8, 4) is 0 Å². The number of hydrogen-bond acceptors (Lipinski definition) is 3. The Kier molecular flexibility index (Phi) is 2.84. The molecule has 1 aliphatic rings. The molecule has 14 heavy (non-hydrogen) atoms. The summed E-state index contributed by atoms with van der Waals surface area (Å²) < 4.78 is 2.08. The van der Waals surface area contributed by atoms with E-state index in [1.165, 1.54) is 11.4 Å². The maximum absolute atomic E-state index is 4.41. The van der Waals surface area contributed by atoms with Crippen molar-refractivity contribution in [2.75, 3.05) is 26.2 Å². The van der Waals surface area contributed by atoms with Gasteiger partial charge in [0, 0.05) is 45.5 Å². The van der Waals surface area contributed by atoms with Gasteiger partial charge in [-0.1, -0.05) is 0 Å². The maximum atomic E-state index is 4.41. The van der Waals surface area contributed by atoms with Crippen LogP contribution in [0.25, 0.3) is 0 Å². The van der Waals surface area contributed by atoms with Gasteiger partial charge in [0.2, 0.25) is 0 Å². The lowest BCUT2D eigenvalue weighted by Gasteiger charge is -2.26. The van der Waals surface area contributed by atoms with Crippen molar-refractivity contribution in [1.82, 2.24) is 19.8 Å². The van der Waals surface area contributed by atoms with Gasteiger partial charge in [0.05, 0.1) is 12.0 Å². The van der Waals surface area contributed by atoms with Crippen molar-refractivity contribution in [3.05, 3.63) is 17.7 Å². The smallest absolute Gasteiger partial charge is 0.0949 e. The van der Waals surface area contributed by atoms with E-state index < -0.39 is 0 Å². The molecule has 0 bridgehead atoms. The van der Waals surface area contributed by atoms with E-state index in [1.54, 1.807) is 0 Å². The number of nitrogens with one attached hydrogen (secondary N) is 1. The molecule has 1 fully saturated rings. The Morgan fingerprint density at radius 1 is 1.43 bits per heavy atom. The van der Waals surface area contributed by atoms with Crippen molar-refractivity contribution in [2.45, 2.75) is 13.5 Å². The van der Waals surface area contributed by atoms with E-state index in [0.29, 0.717) is 0 Å². The zero-order chi connectivity index (χ0) is 9.97. The minimum Gasteiger partial charge on any atom is -0.338 e. The fourth-order valence-corrected chi connectivity index (χ4v) is 1.78. The lowest BCUT2D eigenvalue weighted by atomic mass is 10.3. The third kappa shape index (κ3) is 1.96. The van der Waals surface area contributed by atoms with Crippen molar-refractivity contribution in [1.29, 1.82) is 0 Å². The van der Waals surface area contributed by atoms with Crippen LogP contribution in [0.4, 0.5) is 0 Å². The Bertz CT molecular complexity index is 299. The van der Waals surface area contributed by atoms with Crippen LogP contribution in [0.2, 0.25) is 0 Å². The van der Waals surface area contributed by atoms with E-state index in [1.807, 2.05) is 13.4 Å². The topological polar surface area (TPSA) is 33.1 Å². The molecule has 1 aromatic heterocycles. The number of aromatic nitrogens is 2. The Morgan fingerprint density at radius 2 is 2.14 bits per heavy atom. The number of piperazine rings is 1. The number of nitrogens with zero attached hydrogens (tertiary/aromatic N) is 3. The molecule has 4 nitrogen and oxygen atoms in total. The first-order valence-electron chi connectivity index (χ1n) is 5.17. The van der Waals surface area contributed by atoms with Crippen molar-refractivity contribution >= 4 is 0 Å². The molecule has 0 aromatic carbocycles. The summed E-state index contributed by atoms with van der Waals surface area (Å²) in [7, 11) is 2.05. The first-order valence-corrected chi connectivity index (χ1v) is 5.17. The molecular weight excluding hydrogens is 176 g/mol. The Labute approximate surface area is 84.9 Å². The van der Waals surface area contributed by atoms with Crippen LogP contribution < -0.4 is 5.32 Å².